The van der Waals surface area contributed by atoms with E-state index >= 15 is 0 Å². The van der Waals surface area contributed by atoms with Crippen molar-refractivity contribution in [2.45, 2.75) is 13.1 Å². The predicted octanol–water partition coefficient (Wildman–Crippen LogP) is 3.44. The van der Waals surface area contributed by atoms with Gasteiger partial charge >= 0.3 is 0 Å². The number of nitrogens with zero attached hydrogens (tertiary/aromatic N) is 1. The summed E-state index contributed by atoms with van der Waals surface area (Å²) in [5.74, 6) is -0.385. The highest BCUT2D eigenvalue weighted by Crippen LogP contribution is 2.18. The smallest absolute Gasteiger partial charge is 0.141 e. The van der Waals surface area contributed by atoms with Gasteiger partial charge in [-0.2, -0.15) is 0 Å². The molecule has 0 bridgehead atoms. The van der Waals surface area contributed by atoms with Crippen LogP contribution in [0.4, 0.5) is 4.39 Å². The highest BCUT2D eigenvalue weighted by atomic mass is 35.5. The molecule has 2 N–H and O–H groups in total. The molecule has 20 heavy (non-hydrogen) atoms. The maximum Gasteiger partial charge on any atom is 0.141 e. The number of hydrogen-bond donors (Lipinski definition) is 1. The van der Waals surface area contributed by atoms with Gasteiger partial charge in [0.1, 0.15) is 5.82 Å². The highest BCUT2D eigenvalue weighted by molar-refractivity contribution is 6.30. The van der Waals surface area contributed by atoms with Crippen LogP contribution in [-0.2, 0) is 13.1 Å². The van der Waals surface area contributed by atoms with Crippen LogP contribution in [0.1, 0.15) is 11.1 Å². The summed E-state index contributed by atoms with van der Waals surface area (Å²) in [4.78, 5) is 2.22. The molecule has 106 valence electrons. The molecule has 0 aliphatic carbocycles. The van der Waals surface area contributed by atoms with Gasteiger partial charge in [-0.05, 0) is 23.3 Å². The largest absolute Gasteiger partial charge is 0.329 e. The molecule has 4 heteroatoms. The summed E-state index contributed by atoms with van der Waals surface area (Å²) >= 11 is 5.82. The molecule has 0 radical (unpaired) electrons. The SMILES string of the molecule is NCCN(Cc1ccccc1)Cc1ccc(F)c(Cl)c1. The molecule has 0 aliphatic heterocycles. The zero-order valence-corrected chi connectivity index (χ0v) is 12.0. The number of benzene rings is 2. The molecule has 0 fully saturated rings. The summed E-state index contributed by atoms with van der Waals surface area (Å²) in [6.07, 6.45) is 0. The van der Waals surface area contributed by atoms with Crippen molar-refractivity contribution < 1.29 is 4.39 Å². The minimum absolute atomic E-state index is 0.162. The number of rotatable bonds is 6. The van der Waals surface area contributed by atoms with Crippen LogP contribution in [-0.4, -0.2) is 18.0 Å². The zero-order chi connectivity index (χ0) is 14.4. The van der Waals surface area contributed by atoms with E-state index in [1.165, 1.54) is 11.6 Å². The van der Waals surface area contributed by atoms with Crippen LogP contribution in [0.15, 0.2) is 48.5 Å². The predicted molar refractivity (Wildman–Crippen MR) is 81.0 cm³/mol. The lowest BCUT2D eigenvalue weighted by Crippen LogP contribution is -2.28. The monoisotopic (exact) mass is 292 g/mol. The Balaban J connectivity index is 2.06. The molecule has 0 spiro atoms. The summed E-state index contributed by atoms with van der Waals surface area (Å²) in [6, 6.07) is 15.0. The average molecular weight is 293 g/mol. The molecule has 2 aromatic rings. The fourth-order valence-electron chi connectivity index (χ4n) is 2.13. The normalized spacial score (nSPS) is 11.0. The molecule has 0 atom stereocenters. The van der Waals surface area contributed by atoms with Crippen molar-refractivity contribution in [3.8, 4) is 0 Å². The fraction of sp³-hybridized carbons (Fsp3) is 0.250. The van der Waals surface area contributed by atoms with Crippen LogP contribution in [0.3, 0.4) is 0 Å². The Labute approximate surface area is 124 Å². The van der Waals surface area contributed by atoms with Gasteiger partial charge in [0.25, 0.3) is 0 Å². The van der Waals surface area contributed by atoms with E-state index in [0.29, 0.717) is 13.1 Å². The van der Waals surface area contributed by atoms with Crippen molar-refractivity contribution in [3.05, 3.63) is 70.5 Å². The lowest BCUT2D eigenvalue weighted by molar-refractivity contribution is 0.264. The van der Waals surface area contributed by atoms with Crippen LogP contribution in [0.2, 0.25) is 5.02 Å². The summed E-state index contributed by atoms with van der Waals surface area (Å²) < 4.78 is 13.2. The second-order valence-electron chi connectivity index (χ2n) is 4.73. The molecule has 0 aliphatic rings. The number of halogens is 2. The van der Waals surface area contributed by atoms with E-state index in [0.717, 1.165) is 18.7 Å². The maximum atomic E-state index is 13.2. The lowest BCUT2D eigenvalue weighted by Gasteiger charge is -2.22. The van der Waals surface area contributed by atoms with Crippen molar-refractivity contribution in [2.24, 2.45) is 5.73 Å². The molecule has 2 rings (SSSR count). The summed E-state index contributed by atoms with van der Waals surface area (Å²) in [5.41, 5.74) is 7.88. The zero-order valence-electron chi connectivity index (χ0n) is 11.2. The van der Waals surface area contributed by atoms with Gasteiger partial charge in [-0.15, -0.1) is 0 Å². The topological polar surface area (TPSA) is 29.3 Å². The first-order valence-electron chi connectivity index (χ1n) is 6.59. The maximum absolute atomic E-state index is 13.2. The molecule has 0 amide bonds. The van der Waals surface area contributed by atoms with E-state index in [1.807, 2.05) is 18.2 Å². The summed E-state index contributed by atoms with van der Waals surface area (Å²) in [6.45, 7) is 2.88. The van der Waals surface area contributed by atoms with Gasteiger partial charge in [0.05, 0.1) is 5.02 Å². The van der Waals surface area contributed by atoms with Crippen molar-refractivity contribution >= 4 is 11.6 Å². The Morgan fingerprint density at radius 2 is 1.70 bits per heavy atom. The summed E-state index contributed by atoms with van der Waals surface area (Å²) in [5, 5.41) is 0.162. The van der Waals surface area contributed by atoms with E-state index in [-0.39, 0.29) is 10.8 Å². The number of nitrogens with two attached hydrogens (primary N) is 1. The van der Waals surface area contributed by atoms with Crippen LogP contribution in [0.25, 0.3) is 0 Å². The van der Waals surface area contributed by atoms with Crippen molar-refractivity contribution in [3.63, 3.8) is 0 Å². The molecule has 0 saturated heterocycles. The fourth-order valence-corrected chi connectivity index (χ4v) is 2.34. The molecule has 0 unspecified atom stereocenters. The molecule has 0 aromatic heterocycles. The minimum atomic E-state index is -0.385. The second kappa shape index (κ2) is 7.39. The highest BCUT2D eigenvalue weighted by Gasteiger charge is 2.08. The first kappa shape index (κ1) is 15.0. The van der Waals surface area contributed by atoms with Crippen molar-refractivity contribution in [1.29, 1.82) is 0 Å². The Kier molecular flexibility index (Phi) is 5.53. The first-order chi connectivity index (χ1) is 9.69. The molecule has 2 nitrogen and oxygen atoms in total. The number of hydrogen-bond acceptors (Lipinski definition) is 2. The summed E-state index contributed by atoms with van der Waals surface area (Å²) in [7, 11) is 0. The molecular weight excluding hydrogens is 275 g/mol. The van der Waals surface area contributed by atoms with E-state index in [1.54, 1.807) is 12.1 Å². The molecule has 0 saturated carbocycles. The van der Waals surface area contributed by atoms with Gasteiger partial charge in [-0.1, -0.05) is 48.0 Å². The van der Waals surface area contributed by atoms with E-state index in [2.05, 4.69) is 17.0 Å². The van der Waals surface area contributed by atoms with Gasteiger partial charge in [-0.25, -0.2) is 4.39 Å². The third-order valence-corrected chi connectivity index (χ3v) is 3.37. The third kappa shape index (κ3) is 4.30. The Hall–Kier alpha value is -1.42. The van der Waals surface area contributed by atoms with Gasteiger partial charge < -0.3 is 5.73 Å². The van der Waals surface area contributed by atoms with Gasteiger partial charge in [-0.3, -0.25) is 4.90 Å². The minimum Gasteiger partial charge on any atom is -0.329 e. The Morgan fingerprint density at radius 3 is 2.35 bits per heavy atom. The van der Waals surface area contributed by atoms with E-state index in [9.17, 15) is 4.39 Å². The average Bonchev–Trinajstić information content (AvgIpc) is 2.44. The van der Waals surface area contributed by atoms with E-state index < -0.39 is 0 Å². The van der Waals surface area contributed by atoms with Crippen molar-refractivity contribution in [2.75, 3.05) is 13.1 Å². The quantitative estimate of drug-likeness (QED) is 0.884. The van der Waals surface area contributed by atoms with Crippen LogP contribution in [0, 0.1) is 5.82 Å². The molecular formula is C16H18ClFN2. The first-order valence-corrected chi connectivity index (χ1v) is 6.97. The van der Waals surface area contributed by atoms with Crippen LogP contribution in [0.5, 0.6) is 0 Å². The molecule has 2 aromatic carbocycles. The standard InChI is InChI=1S/C16H18ClFN2/c17-15-10-14(6-7-16(15)18)12-20(9-8-19)11-13-4-2-1-3-5-13/h1-7,10H,8-9,11-12,19H2. The van der Waals surface area contributed by atoms with Crippen LogP contribution >= 0.6 is 11.6 Å². The van der Waals surface area contributed by atoms with E-state index in [4.69, 9.17) is 17.3 Å². The van der Waals surface area contributed by atoms with Crippen molar-refractivity contribution in [1.82, 2.24) is 4.90 Å². The Morgan fingerprint density at radius 1 is 1.00 bits per heavy atom. The second-order valence-corrected chi connectivity index (χ2v) is 5.14. The Bertz CT molecular complexity index is 545. The van der Waals surface area contributed by atoms with Crippen LogP contribution < -0.4 is 5.73 Å². The third-order valence-electron chi connectivity index (χ3n) is 3.08. The van der Waals surface area contributed by atoms with Gasteiger partial charge in [0.15, 0.2) is 0 Å². The van der Waals surface area contributed by atoms with Gasteiger partial charge in [0, 0.05) is 26.2 Å². The van der Waals surface area contributed by atoms with Gasteiger partial charge in [0.2, 0.25) is 0 Å². The molecule has 0 heterocycles. The lowest BCUT2D eigenvalue weighted by atomic mass is 10.1.